The topological polar surface area (TPSA) is 96.2 Å². The Bertz CT molecular complexity index is 637. The number of hydrogen-bond donors (Lipinski definition) is 2. The fourth-order valence-electron chi connectivity index (χ4n) is 3.08. The van der Waals surface area contributed by atoms with E-state index in [9.17, 15) is 19.8 Å². The molecule has 0 saturated carbocycles. The number of rotatable bonds is 5. The van der Waals surface area contributed by atoms with Crippen LogP contribution in [0.2, 0.25) is 0 Å². The molecule has 0 fully saturated rings. The summed E-state index contributed by atoms with van der Waals surface area (Å²) >= 11 is 3.40. The molecular weight excluding hydrogens is 354 g/mol. The zero-order chi connectivity index (χ0) is 16.5. The lowest BCUT2D eigenvalue weighted by Crippen LogP contribution is -2.60. The van der Waals surface area contributed by atoms with Gasteiger partial charge in [0, 0.05) is 10.0 Å². The first kappa shape index (κ1) is 16.5. The summed E-state index contributed by atoms with van der Waals surface area (Å²) in [6.07, 6.45) is 0.532. The van der Waals surface area contributed by atoms with E-state index < -0.39 is 23.0 Å². The molecule has 0 bridgehead atoms. The molecule has 0 radical (unpaired) electrons. The third-order valence-corrected chi connectivity index (χ3v) is 5.03. The monoisotopic (exact) mass is 369 g/mol. The molecule has 6 nitrogen and oxygen atoms in total. The summed E-state index contributed by atoms with van der Waals surface area (Å²) in [5.74, 6) is -3.09. The van der Waals surface area contributed by atoms with Crippen LogP contribution in [0.15, 0.2) is 33.9 Å². The van der Waals surface area contributed by atoms with E-state index in [1.807, 2.05) is 6.07 Å². The first-order valence-corrected chi connectivity index (χ1v) is 7.65. The summed E-state index contributed by atoms with van der Waals surface area (Å²) in [6, 6.07) is 7.13. The fourth-order valence-corrected chi connectivity index (χ4v) is 3.55. The minimum atomic E-state index is -2.42. The second-order valence-electron chi connectivity index (χ2n) is 5.09. The summed E-state index contributed by atoms with van der Waals surface area (Å²) in [5.41, 5.74) is -2.69. The van der Waals surface area contributed by atoms with E-state index in [1.54, 1.807) is 32.0 Å². The van der Waals surface area contributed by atoms with Crippen molar-refractivity contribution in [3.8, 4) is 0 Å². The standard InChI is InChI=1S/C15H16BrNO5/c1-3-14(4-2)11(9-7-5-6-8-10(9)16)17-22-15(14,12(18)19)13(20)21/h5-8H,3-4H2,1-2H3,(H,18,19)(H,20,21). The van der Waals surface area contributed by atoms with Crippen LogP contribution < -0.4 is 0 Å². The summed E-state index contributed by atoms with van der Waals surface area (Å²) < 4.78 is 0.704. The van der Waals surface area contributed by atoms with Gasteiger partial charge in [0.15, 0.2) is 0 Å². The van der Waals surface area contributed by atoms with E-state index in [0.29, 0.717) is 15.7 Å². The molecule has 1 aromatic carbocycles. The molecule has 0 aromatic heterocycles. The van der Waals surface area contributed by atoms with E-state index in [0.717, 1.165) is 0 Å². The number of carbonyl (C=O) groups is 2. The van der Waals surface area contributed by atoms with Gasteiger partial charge in [0.05, 0.1) is 11.1 Å². The molecule has 0 aliphatic carbocycles. The number of benzene rings is 1. The Labute approximate surface area is 135 Å². The molecule has 22 heavy (non-hydrogen) atoms. The van der Waals surface area contributed by atoms with Crippen LogP contribution in [-0.2, 0) is 14.4 Å². The van der Waals surface area contributed by atoms with Crippen LogP contribution in [0.1, 0.15) is 32.3 Å². The molecule has 0 amide bonds. The molecule has 2 N–H and O–H groups in total. The number of nitrogens with zero attached hydrogens (tertiary/aromatic N) is 1. The Morgan fingerprint density at radius 1 is 1.18 bits per heavy atom. The third-order valence-electron chi connectivity index (χ3n) is 4.34. The van der Waals surface area contributed by atoms with Crippen molar-refractivity contribution in [3.63, 3.8) is 0 Å². The van der Waals surface area contributed by atoms with E-state index >= 15 is 0 Å². The number of aliphatic carboxylic acids is 2. The highest BCUT2D eigenvalue weighted by Crippen LogP contribution is 2.50. The van der Waals surface area contributed by atoms with Crippen molar-refractivity contribution >= 4 is 33.6 Å². The first-order chi connectivity index (χ1) is 10.4. The summed E-state index contributed by atoms with van der Waals surface area (Å²) in [4.78, 5) is 28.6. The highest BCUT2D eigenvalue weighted by Gasteiger charge is 2.70. The van der Waals surface area contributed by atoms with Gasteiger partial charge in [-0.05, 0) is 18.9 Å². The molecule has 118 valence electrons. The smallest absolute Gasteiger partial charge is 0.364 e. The normalized spacial score (nSPS) is 18.4. The Morgan fingerprint density at radius 3 is 2.18 bits per heavy atom. The molecule has 0 atom stereocenters. The largest absolute Gasteiger partial charge is 0.478 e. The van der Waals surface area contributed by atoms with Crippen molar-refractivity contribution in [3.05, 3.63) is 34.3 Å². The van der Waals surface area contributed by atoms with Gasteiger partial charge in [-0.1, -0.05) is 53.1 Å². The number of carboxylic acids is 2. The van der Waals surface area contributed by atoms with Crippen LogP contribution in [0.5, 0.6) is 0 Å². The molecule has 2 rings (SSSR count). The SMILES string of the molecule is CCC1(CC)C(c2ccccc2Br)=NOC1(C(=O)O)C(=O)O. The van der Waals surface area contributed by atoms with Gasteiger partial charge >= 0.3 is 17.5 Å². The summed E-state index contributed by atoms with van der Waals surface area (Å²) in [5, 5.41) is 23.0. The lowest BCUT2D eigenvalue weighted by molar-refractivity contribution is -0.192. The average molecular weight is 370 g/mol. The molecule has 1 aromatic rings. The molecule has 0 spiro atoms. The third kappa shape index (κ3) is 1.95. The van der Waals surface area contributed by atoms with E-state index in [1.165, 1.54) is 0 Å². The molecule has 1 heterocycles. The zero-order valence-corrected chi connectivity index (χ0v) is 13.8. The van der Waals surface area contributed by atoms with Gasteiger partial charge < -0.3 is 15.1 Å². The Hall–Kier alpha value is -1.89. The summed E-state index contributed by atoms with van der Waals surface area (Å²) in [7, 11) is 0. The molecule has 7 heteroatoms. The molecule has 0 unspecified atom stereocenters. The molecule has 0 saturated heterocycles. The average Bonchev–Trinajstić information content (AvgIpc) is 2.84. The minimum Gasteiger partial charge on any atom is -0.478 e. The Balaban J connectivity index is 2.71. The zero-order valence-electron chi connectivity index (χ0n) is 12.2. The predicted molar refractivity (Wildman–Crippen MR) is 82.8 cm³/mol. The highest BCUT2D eigenvalue weighted by atomic mass is 79.9. The van der Waals surface area contributed by atoms with Crippen molar-refractivity contribution < 1.29 is 24.6 Å². The maximum atomic E-state index is 11.8. The molecule has 1 aliphatic heterocycles. The number of carboxylic acid groups (broad SMARTS) is 2. The number of halogens is 1. The van der Waals surface area contributed by atoms with Crippen LogP contribution in [-0.4, -0.2) is 33.5 Å². The Kier molecular flexibility index (Phi) is 4.28. The van der Waals surface area contributed by atoms with Crippen molar-refractivity contribution in [2.75, 3.05) is 0 Å². The van der Waals surface area contributed by atoms with Gasteiger partial charge in [-0.2, -0.15) is 0 Å². The quantitative estimate of drug-likeness (QED) is 0.777. The number of hydrogen-bond acceptors (Lipinski definition) is 4. The van der Waals surface area contributed by atoms with Crippen LogP contribution in [0, 0.1) is 5.41 Å². The fraction of sp³-hybridized carbons (Fsp3) is 0.400. The predicted octanol–water partition coefficient (Wildman–Crippen LogP) is 2.90. The van der Waals surface area contributed by atoms with E-state index in [4.69, 9.17) is 4.84 Å². The second kappa shape index (κ2) is 5.72. The van der Waals surface area contributed by atoms with Crippen molar-refractivity contribution in [2.45, 2.75) is 32.3 Å². The van der Waals surface area contributed by atoms with Crippen LogP contribution in [0.25, 0.3) is 0 Å². The van der Waals surface area contributed by atoms with Crippen molar-refractivity contribution in [2.24, 2.45) is 10.6 Å². The van der Waals surface area contributed by atoms with E-state index in [-0.39, 0.29) is 12.8 Å². The van der Waals surface area contributed by atoms with Gasteiger partial charge in [0.1, 0.15) is 0 Å². The van der Waals surface area contributed by atoms with Gasteiger partial charge in [0.2, 0.25) is 0 Å². The summed E-state index contributed by atoms with van der Waals surface area (Å²) in [6.45, 7) is 3.48. The lowest BCUT2D eigenvalue weighted by Gasteiger charge is -2.36. The van der Waals surface area contributed by atoms with Crippen LogP contribution >= 0.6 is 15.9 Å². The maximum Gasteiger partial charge on any atom is 0.364 e. The van der Waals surface area contributed by atoms with Crippen LogP contribution in [0.4, 0.5) is 0 Å². The van der Waals surface area contributed by atoms with Gasteiger partial charge in [-0.25, -0.2) is 9.59 Å². The lowest BCUT2D eigenvalue weighted by atomic mass is 9.64. The second-order valence-corrected chi connectivity index (χ2v) is 5.95. The van der Waals surface area contributed by atoms with Gasteiger partial charge in [-0.3, -0.25) is 0 Å². The number of oxime groups is 1. The molecule has 1 aliphatic rings. The minimum absolute atomic E-state index is 0.266. The Morgan fingerprint density at radius 2 is 1.73 bits per heavy atom. The van der Waals surface area contributed by atoms with Gasteiger partial charge in [-0.15, -0.1) is 0 Å². The van der Waals surface area contributed by atoms with Gasteiger partial charge in [0.25, 0.3) is 0 Å². The first-order valence-electron chi connectivity index (χ1n) is 6.85. The van der Waals surface area contributed by atoms with Crippen molar-refractivity contribution in [1.29, 1.82) is 0 Å². The van der Waals surface area contributed by atoms with E-state index in [2.05, 4.69) is 21.1 Å². The maximum absolute atomic E-state index is 11.8. The van der Waals surface area contributed by atoms with Crippen LogP contribution in [0.3, 0.4) is 0 Å². The highest BCUT2D eigenvalue weighted by molar-refractivity contribution is 9.10. The van der Waals surface area contributed by atoms with Crippen molar-refractivity contribution in [1.82, 2.24) is 0 Å². The molecular formula is C15H16BrNO5.